The summed E-state index contributed by atoms with van der Waals surface area (Å²) in [7, 11) is -9.23. The molecule has 2 aromatic rings. The monoisotopic (exact) mass is 540 g/mol. The quantitative estimate of drug-likeness (QED) is 0.255. The van der Waals surface area contributed by atoms with Gasteiger partial charge in [0.2, 0.25) is 0 Å². The molecule has 0 aromatic heterocycles. The zero-order valence-electron chi connectivity index (χ0n) is 19.5. The van der Waals surface area contributed by atoms with E-state index in [0.717, 1.165) is 35.4 Å². The molecule has 2 aromatic carbocycles. The lowest BCUT2D eigenvalue weighted by molar-refractivity contribution is 0.323. The Balaban J connectivity index is 2.10. The highest BCUT2D eigenvalue weighted by Gasteiger charge is 2.47. The number of halogens is 2. The molecule has 6 nitrogen and oxygen atoms in total. The molecule has 0 aliphatic heterocycles. The van der Waals surface area contributed by atoms with Crippen molar-refractivity contribution in [3.63, 3.8) is 0 Å². The van der Waals surface area contributed by atoms with E-state index < -0.39 is 41.8 Å². The van der Waals surface area contributed by atoms with Crippen molar-refractivity contribution in [1.82, 2.24) is 0 Å². The Morgan fingerprint density at radius 1 is 1.14 bits per heavy atom. The van der Waals surface area contributed by atoms with E-state index in [-0.39, 0.29) is 22.6 Å². The topological polar surface area (TPSA) is 97.7 Å². The van der Waals surface area contributed by atoms with E-state index in [9.17, 15) is 25.8 Å². The molecule has 1 aliphatic rings. The molecule has 3 rings (SSSR count). The summed E-state index contributed by atoms with van der Waals surface area (Å²) >= 11 is 6.81. The molecule has 0 saturated heterocycles. The predicted molar refractivity (Wildman–Crippen MR) is 134 cm³/mol. The molecule has 0 amide bonds. The highest BCUT2D eigenvalue weighted by molar-refractivity contribution is 7.90. The van der Waals surface area contributed by atoms with Crippen molar-refractivity contribution in [2.45, 2.75) is 43.4 Å². The van der Waals surface area contributed by atoms with Crippen LogP contribution in [0.5, 0.6) is 0 Å². The maximum absolute atomic E-state index is 13.3. The Morgan fingerprint density at radius 3 is 2.34 bits per heavy atom. The number of hydrogen-bond acceptors (Lipinski definition) is 5. The van der Waals surface area contributed by atoms with E-state index in [2.05, 4.69) is 6.58 Å². The minimum atomic E-state index is -4.76. The van der Waals surface area contributed by atoms with Gasteiger partial charge < -0.3 is 4.18 Å². The summed E-state index contributed by atoms with van der Waals surface area (Å²) in [6, 6.07) is 11.5. The van der Waals surface area contributed by atoms with Gasteiger partial charge in [0, 0.05) is 11.5 Å². The van der Waals surface area contributed by atoms with Gasteiger partial charge in [0.1, 0.15) is 21.3 Å². The van der Waals surface area contributed by atoms with E-state index in [0.29, 0.717) is 12.0 Å². The molecule has 0 saturated carbocycles. The van der Waals surface area contributed by atoms with Gasteiger partial charge in [-0.05, 0) is 67.7 Å². The summed E-state index contributed by atoms with van der Waals surface area (Å²) in [5.74, 6) is -1.67. The van der Waals surface area contributed by atoms with Crippen LogP contribution in [0.2, 0.25) is 0 Å². The molecular weight excluding hydrogens is 515 g/mol. The summed E-state index contributed by atoms with van der Waals surface area (Å²) in [5.41, 5.74) is 2.08. The normalized spacial score (nSPS) is 21.3. The Hall–Kier alpha value is -2.46. The Labute approximate surface area is 210 Å². The molecule has 10 heteroatoms. The van der Waals surface area contributed by atoms with Crippen molar-refractivity contribution in [1.29, 1.82) is 0 Å². The maximum atomic E-state index is 13.3. The van der Waals surface area contributed by atoms with Crippen LogP contribution in [0.15, 0.2) is 81.8 Å². The second-order valence-corrected chi connectivity index (χ2v) is 12.2. The minimum Gasteiger partial charge on any atom is -0.381 e. The van der Waals surface area contributed by atoms with Crippen molar-refractivity contribution in [3.05, 3.63) is 93.9 Å². The van der Waals surface area contributed by atoms with Gasteiger partial charge in [0.25, 0.3) is 10.1 Å². The fourth-order valence-corrected chi connectivity index (χ4v) is 6.71. The predicted octanol–water partition coefficient (Wildman–Crippen LogP) is 5.87. The Bertz CT molecular complexity index is 1420. The molecule has 1 N–H and O–H groups in total. The van der Waals surface area contributed by atoms with E-state index in [1.54, 1.807) is 13.0 Å². The average molecular weight is 541 g/mol. The number of aryl methyl sites for hydroxylation is 1. The molecular formula is C25H26ClFO6S2. The van der Waals surface area contributed by atoms with Crippen LogP contribution >= 0.6 is 11.6 Å². The molecule has 2 unspecified atom stereocenters. The highest BCUT2D eigenvalue weighted by Crippen LogP contribution is 2.49. The molecule has 0 spiro atoms. The Morgan fingerprint density at radius 2 is 1.77 bits per heavy atom. The van der Waals surface area contributed by atoms with Crippen LogP contribution in [-0.4, -0.2) is 26.3 Å². The van der Waals surface area contributed by atoms with Crippen LogP contribution in [0, 0.1) is 11.7 Å². The Kier molecular flexibility index (Phi) is 7.67. The van der Waals surface area contributed by atoms with Gasteiger partial charge in [-0.2, -0.15) is 16.8 Å². The van der Waals surface area contributed by atoms with E-state index in [1.807, 2.05) is 24.3 Å². The zero-order chi connectivity index (χ0) is 26.2. The van der Waals surface area contributed by atoms with E-state index in [1.165, 1.54) is 13.8 Å². The SMILES string of the molecule is C=Cc1cccc(CCC2=C(S(=O)(=O)O)C(C)=C(OS(=O)(=O)c3ccc(F)cc3)C(C)(Cl)C2C)c1. The standard InChI is InChI=1S/C25H26ClFO6S2/c1-5-18-7-6-8-19(15-18)9-14-22-17(3)25(4,26)24(16(2)23(22)34(28,29)30)33-35(31,32)21-12-10-20(27)11-13-21/h5-8,10-13,15,17H,1,9,14H2,2-4H3,(H,28,29,30). The average Bonchev–Trinajstić information content (AvgIpc) is 2.78. The van der Waals surface area contributed by atoms with Crippen molar-refractivity contribution < 1.29 is 30.0 Å². The van der Waals surface area contributed by atoms with Crippen molar-refractivity contribution in [2.75, 3.05) is 0 Å². The molecule has 1 aliphatic carbocycles. The minimum absolute atomic E-state index is 0.108. The van der Waals surface area contributed by atoms with E-state index >= 15 is 0 Å². The first-order valence-electron chi connectivity index (χ1n) is 10.7. The lowest BCUT2D eigenvalue weighted by Crippen LogP contribution is -2.38. The first-order chi connectivity index (χ1) is 16.2. The first-order valence-corrected chi connectivity index (χ1v) is 13.9. The van der Waals surface area contributed by atoms with Crippen LogP contribution < -0.4 is 0 Å². The van der Waals surface area contributed by atoms with Gasteiger partial charge in [-0.3, -0.25) is 4.55 Å². The van der Waals surface area contributed by atoms with Gasteiger partial charge in [-0.15, -0.1) is 11.6 Å². The van der Waals surface area contributed by atoms with Gasteiger partial charge in [-0.25, -0.2) is 4.39 Å². The second kappa shape index (κ2) is 9.89. The number of rotatable bonds is 8. The third kappa shape index (κ3) is 5.69. The highest BCUT2D eigenvalue weighted by atomic mass is 35.5. The van der Waals surface area contributed by atoms with Crippen LogP contribution in [0.1, 0.15) is 38.3 Å². The van der Waals surface area contributed by atoms with Gasteiger partial charge >= 0.3 is 10.1 Å². The molecule has 0 radical (unpaired) electrons. The fraction of sp³-hybridized carbons (Fsp3) is 0.280. The molecule has 35 heavy (non-hydrogen) atoms. The largest absolute Gasteiger partial charge is 0.381 e. The first kappa shape index (κ1) is 27.1. The fourth-order valence-electron chi connectivity index (χ4n) is 4.18. The second-order valence-electron chi connectivity index (χ2n) is 8.52. The third-order valence-corrected chi connectivity index (χ3v) is 8.99. The van der Waals surface area contributed by atoms with Gasteiger partial charge in [-0.1, -0.05) is 43.8 Å². The zero-order valence-corrected chi connectivity index (χ0v) is 21.8. The third-order valence-electron chi connectivity index (χ3n) is 6.18. The van der Waals surface area contributed by atoms with Crippen LogP contribution in [0.4, 0.5) is 4.39 Å². The molecule has 0 fully saturated rings. The maximum Gasteiger partial charge on any atom is 0.338 e. The summed E-state index contributed by atoms with van der Waals surface area (Å²) in [6.45, 7) is 8.25. The van der Waals surface area contributed by atoms with Crippen molar-refractivity contribution in [3.8, 4) is 0 Å². The summed E-state index contributed by atoms with van der Waals surface area (Å²) in [5, 5.41) is 0. The number of hydrogen-bond donors (Lipinski definition) is 1. The molecule has 0 bridgehead atoms. The lowest BCUT2D eigenvalue weighted by atomic mass is 9.78. The van der Waals surface area contributed by atoms with Gasteiger partial charge in [0.05, 0.1) is 4.91 Å². The smallest absolute Gasteiger partial charge is 0.338 e. The number of benzene rings is 2. The van der Waals surface area contributed by atoms with Crippen molar-refractivity contribution >= 4 is 37.9 Å². The van der Waals surface area contributed by atoms with Gasteiger partial charge in [0.15, 0.2) is 0 Å². The number of allylic oxidation sites excluding steroid dienone is 3. The molecule has 0 heterocycles. The van der Waals surface area contributed by atoms with Crippen LogP contribution in [-0.2, 0) is 30.8 Å². The molecule has 2 atom stereocenters. The van der Waals surface area contributed by atoms with Crippen molar-refractivity contribution in [2.24, 2.45) is 5.92 Å². The van der Waals surface area contributed by atoms with E-state index in [4.69, 9.17) is 15.8 Å². The van der Waals surface area contributed by atoms with Crippen LogP contribution in [0.3, 0.4) is 0 Å². The number of alkyl halides is 1. The summed E-state index contributed by atoms with van der Waals surface area (Å²) in [6.07, 6.45) is 2.39. The summed E-state index contributed by atoms with van der Waals surface area (Å²) in [4.78, 5) is -2.19. The summed E-state index contributed by atoms with van der Waals surface area (Å²) < 4.78 is 79.4. The van der Waals surface area contributed by atoms with Crippen LogP contribution in [0.25, 0.3) is 6.08 Å². The lowest BCUT2D eigenvalue weighted by Gasteiger charge is -2.38. The molecule has 188 valence electrons.